The number of pyridine rings is 1. The van der Waals surface area contributed by atoms with Crippen molar-refractivity contribution in [1.82, 2.24) is 19.7 Å². The van der Waals surface area contributed by atoms with E-state index in [-0.39, 0.29) is 5.92 Å². The second kappa shape index (κ2) is 11.5. The molecule has 2 fully saturated rings. The molecule has 35 heavy (non-hydrogen) atoms. The van der Waals surface area contributed by atoms with Gasteiger partial charge in [-0.3, -0.25) is 19.6 Å². The Hall–Kier alpha value is -3.22. The Bertz CT molecular complexity index is 1080. The van der Waals surface area contributed by atoms with Gasteiger partial charge in [0.05, 0.1) is 0 Å². The van der Waals surface area contributed by atoms with Gasteiger partial charge < -0.3 is 9.64 Å². The predicted molar refractivity (Wildman–Crippen MR) is 137 cm³/mol. The number of ether oxygens (including phenoxy) is 1. The fourth-order valence-electron chi connectivity index (χ4n) is 5.06. The van der Waals surface area contributed by atoms with Gasteiger partial charge in [0.1, 0.15) is 11.5 Å². The van der Waals surface area contributed by atoms with Crippen LogP contribution in [0.5, 0.6) is 11.5 Å². The van der Waals surface area contributed by atoms with Gasteiger partial charge >= 0.3 is 0 Å². The van der Waals surface area contributed by atoms with E-state index in [0.29, 0.717) is 5.91 Å². The molecular formula is C29H34N4O2. The van der Waals surface area contributed by atoms with Gasteiger partial charge in [0.2, 0.25) is 5.91 Å². The number of carbonyl (C=O) groups excluding carboxylic acids is 1. The van der Waals surface area contributed by atoms with E-state index in [9.17, 15) is 4.79 Å². The Morgan fingerprint density at radius 3 is 2.14 bits per heavy atom. The molecule has 5 rings (SSSR count). The Morgan fingerprint density at radius 1 is 0.743 bits per heavy atom. The molecule has 6 nitrogen and oxygen atoms in total. The van der Waals surface area contributed by atoms with Gasteiger partial charge in [-0.15, -0.1) is 0 Å². The maximum atomic E-state index is 13.2. The van der Waals surface area contributed by atoms with Crippen LogP contribution in [0.3, 0.4) is 0 Å². The highest BCUT2D eigenvalue weighted by atomic mass is 16.5. The largest absolute Gasteiger partial charge is 0.457 e. The summed E-state index contributed by atoms with van der Waals surface area (Å²) in [7, 11) is 0. The van der Waals surface area contributed by atoms with E-state index < -0.39 is 0 Å². The van der Waals surface area contributed by atoms with Crippen LogP contribution in [-0.4, -0.2) is 64.9 Å². The topological polar surface area (TPSA) is 48.9 Å². The highest BCUT2D eigenvalue weighted by Gasteiger charge is 2.30. The first-order chi connectivity index (χ1) is 17.2. The first-order valence-corrected chi connectivity index (χ1v) is 12.7. The minimum Gasteiger partial charge on any atom is -0.457 e. The molecule has 0 saturated carbocycles. The number of para-hydroxylation sites is 1. The van der Waals surface area contributed by atoms with Crippen LogP contribution in [0.4, 0.5) is 0 Å². The number of benzene rings is 2. The molecule has 182 valence electrons. The van der Waals surface area contributed by atoms with Crippen molar-refractivity contribution in [2.24, 2.45) is 5.92 Å². The quantitative estimate of drug-likeness (QED) is 0.511. The summed E-state index contributed by atoms with van der Waals surface area (Å²) in [5, 5.41) is 0. The van der Waals surface area contributed by atoms with Gasteiger partial charge in [-0.25, -0.2) is 0 Å². The summed E-state index contributed by atoms with van der Waals surface area (Å²) >= 11 is 0. The molecule has 2 aliphatic heterocycles. The van der Waals surface area contributed by atoms with E-state index in [1.54, 1.807) is 0 Å². The Labute approximate surface area is 208 Å². The SMILES string of the molecule is O=C(C1CCN(Cc2cccc(Oc3ccccc3)c2)CC1)N1CCN(Cc2ccncc2)CC1. The molecule has 0 atom stereocenters. The zero-order valence-corrected chi connectivity index (χ0v) is 20.3. The van der Waals surface area contributed by atoms with Crippen molar-refractivity contribution in [3.63, 3.8) is 0 Å². The minimum atomic E-state index is 0.158. The minimum absolute atomic E-state index is 0.158. The summed E-state index contributed by atoms with van der Waals surface area (Å²) in [6, 6.07) is 22.3. The van der Waals surface area contributed by atoms with Crippen molar-refractivity contribution >= 4 is 5.91 Å². The number of hydrogen-bond acceptors (Lipinski definition) is 5. The highest BCUT2D eigenvalue weighted by molar-refractivity contribution is 5.79. The third kappa shape index (κ3) is 6.47. The van der Waals surface area contributed by atoms with Crippen LogP contribution < -0.4 is 4.74 Å². The molecular weight excluding hydrogens is 436 g/mol. The summed E-state index contributed by atoms with van der Waals surface area (Å²) in [6.07, 6.45) is 5.57. The molecule has 0 spiro atoms. The van der Waals surface area contributed by atoms with E-state index in [1.807, 2.05) is 48.8 Å². The molecule has 6 heteroatoms. The van der Waals surface area contributed by atoms with Gasteiger partial charge in [0.25, 0.3) is 0 Å². The summed E-state index contributed by atoms with van der Waals surface area (Å²) in [5.74, 6) is 2.22. The number of carbonyl (C=O) groups is 1. The van der Waals surface area contributed by atoms with Crippen molar-refractivity contribution in [2.45, 2.75) is 25.9 Å². The fraction of sp³-hybridized carbons (Fsp3) is 0.379. The van der Waals surface area contributed by atoms with Crippen molar-refractivity contribution < 1.29 is 9.53 Å². The van der Waals surface area contributed by atoms with Crippen LogP contribution in [0.15, 0.2) is 79.1 Å². The number of aromatic nitrogens is 1. The number of rotatable bonds is 7. The maximum absolute atomic E-state index is 13.2. The van der Waals surface area contributed by atoms with Crippen LogP contribution in [0, 0.1) is 5.92 Å². The molecule has 2 aliphatic rings. The van der Waals surface area contributed by atoms with Crippen molar-refractivity contribution in [2.75, 3.05) is 39.3 Å². The lowest BCUT2D eigenvalue weighted by molar-refractivity contribution is -0.139. The van der Waals surface area contributed by atoms with E-state index in [1.165, 1.54) is 11.1 Å². The molecule has 0 unspecified atom stereocenters. The normalized spacial score (nSPS) is 17.9. The average molecular weight is 471 g/mol. The molecule has 2 saturated heterocycles. The van der Waals surface area contributed by atoms with Crippen molar-refractivity contribution in [3.05, 3.63) is 90.3 Å². The first-order valence-electron chi connectivity index (χ1n) is 12.7. The Kier molecular flexibility index (Phi) is 7.71. The third-order valence-electron chi connectivity index (χ3n) is 7.06. The third-order valence-corrected chi connectivity index (χ3v) is 7.06. The predicted octanol–water partition coefficient (Wildman–Crippen LogP) is 4.43. The average Bonchev–Trinajstić information content (AvgIpc) is 2.91. The molecule has 1 aromatic heterocycles. The van der Waals surface area contributed by atoms with Gasteiger partial charge in [0.15, 0.2) is 0 Å². The smallest absolute Gasteiger partial charge is 0.225 e. The summed E-state index contributed by atoms with van der Waals surface area (Å²) in [5.41, 5.74) is 2.53. The van der Waals surface area contributed by atoms with Crippen molar-refractivity contribution in [1.29, 1.82) is 0 Å². The van der Waals surface area contributed by atoms with Gasteiger partial charge in [-0.05, 0) is 73.5 Å². The van der Waals surface area contributed by atoms with Crippen LogP contribution in [-0.2, 0) is 17.9 Å². The lowest BCUT2D eigenvalue weighted by Crippen LogP contribution is -2.51. The number of piperazine rings is 1. The zero-order valence-electron chi connectivity index (χ0n) is 20.3. The summed E-state index contributed by atoms with van der Waals surface area (Å²) in [6.45, 7) is 7.28. The van der Waals surface area contributed by atoms with Crippen LogP contribution in [0.2, 0.25) is 0 Å². The van der Waals surface area contributed by atoms with E-state index in [0.717, 1.165) is 76.7 Å². The summed E-state index contributed by atoms with van der Waals surface area (Å²) in [4.78, 5) is 24.2. The second-order valence-electron chi connectivity index (χ2n) is 9.57. The first kappa shape index (κ1) is 23.5. The number of piperidine rings is 1. The van der Waals surface area contributed by atoms with E-state index in [4.69, 9.17) is 4.74 Å². The molecule has 0 radical (unpaired) electrons. The molecule has 0 aliphatic carbocycles. The van der Waals surface area contributed by atoms with E-state index >= 15 is 0 Å². The monoisotopic (exact) mass is 470 g/mol. The molecule has 1 amide bonds. The fourth-order valence-corrected chi connectivity index (χ4v) is 5.06. The Morgan fingerprint density at radius 2 is 1.40 bits per heavy atom. The molecule has 3 aromatic rings. The molecule has 0 N–H and O–H groups in total. The standard InChI is InChI=1S/C29H34N4O2/c34-29(33-19-17-32(18-20-33)22-24-9-13-30-14-10-24)26-11-15-31(16-12-26)23-25-5-4-8-28(21-25)35-27-6-2-1-3-7-27/h1-10,13-14,21,26H,11-12,15-20,22-23H2. The van der Waals surface area contributed by atoms with Gasteiger partial charge in [-0.2, -0.15) is 0 Å². The van der Waals surface area contributed by atoms with Crippen LogP contribution in [0.25, 0.3) is 0 Å². The highest BCUT2D eigenvalue weighted by Crippen LogP contribution is 2.25. The number of hydrogen-bond donors (Lipinski definition) is 0. The van der Waals surface area contributed by atoms with Crippen molar-refractivity contribution in [3.8, 4) is 11.5 Å². The zero-order chi connectivity index (χ0) is 23.9. The molecule has 3 heterocycles. The summed E-state index contributed by atoms with van der Waals surface area (Å²) < 4.78 is 5.99. The van der Waals surface area contributed by atoms with E-state index in [2.05, 4.69) is 50.0 Å². The number of likely N-dealkylation sites (tertiary alicyclic amines) is 1. The van der Waals surface area contributed by atoms with Gasteiger partial charge in [-0.1, -0.05) is 30.3 Å². The number of nitrogens with zero attached hydrogens (tertiary/aromatic N) is 4. The number of amides is 1. The van der Waals surface area contributed by atoms with Gasteiger partial charge in [0, 0.05) is 57.6 Å². The second-order valence-corrected chi connectivity index (χ2v) is 9.57. The maximum Gasteiger partial charge on any atom is 0.225 e. The molecule has 2 aromatic carbocycles. The molecule has 0 bridgehead atoms. The lowest BCUT2D eigenvalue weighted by atomic mass is 9.94. The van der Waals surface area contributed by atoms with Crippen LogP contribution >= 0.6 is 0 Å². The Balaban J connectivity index is 1.06. The van der Waals surface area contributed by atoms with Crippen LogP contribution in [0.1, 0.15) is 24.0 Å². The lowest BCUT2D eigenvalue weighted by Gasteiger charge is -2.38.